The maximum absolute atomic E-state index is 12.2. The van der Waals surface area contributed by atoms with E-state index in [1.807, 2.05) is 4.90 Å². The van der Waals surface area contributed by atoms with Gasteiger partial charge in [0.2, 0.25) is 5.95 Å². The van der Waals surface area contributed by atoms with Crippen LogP contribution < -0.4 is 4.90 Å². The summed E-state index contributed by atoms with van der Waals surface area (Å²) >= 11 is 0. The van der Waals surface area contributed by atoms with Crippen molar-refractivity contribution in [2.45, 2.75) is 0 Å². The van der Waals surface area contributed by atoms with Crippen LogP contribution in [-0.2, 0) is 13.6 Å². The summed E-state index contributed by atoms with van der Waals surface area (Å²) < 4.78 is 23.9. The van der Waals surface area contributed by atoms with Crippen molar-refractivity contribution < 1.29 is 13.6 Å². The molecule has 0 bridgehead atoms. The predicted molar refractivity (Wildman–Crippen MR) is 67.4 cm³/mol. The number of piperazine rings is 1. The molecule has 2 rings (SSSR count). The van der Waals surface area contributed by atoms with Gasteiger partial charge in [-0.15, -0.1) is 0 Å². The molecule has 0 N–H and O–H groups in total. The topological polar surface area (TPSA) is 67.8 Å². The van der Waals surface area contributed by atoms with Gasteiger partial charge in [0.1, 0.15) is 0 Å². The molecule has 1 saturated heterocycles. The van der Waals surface area contributed by atoms with E-state index in [4.69, 9.17) is 9.05 Å². The van der Waals surface area contributed by atoms with E-state index in [1.165, 1.54) is 14.2 Å². The normalized spacial score (nSPS) is 18.0. The molecule has 0 radical (unpaired) electrons. The molecule has 0 spiro atoms. The van der Waals surface area contributed by atoms with Gasteiger partial charge in [-0.2, -0.15) is 0 Å². The summed E-state index contributed by atoms with van der Waals surface area (Å²) in [7, 11) is -0.309. The van der Waals surface area contributed by atoms with E-state index in [9.17, 15) is 4.57 Å². The molecule has 0 aromatic carbocycles. The third kappa shape index (κ3) is 2.70. The standard InChI is InChI=1S/C10H17N4O3P/c1-16-18(15,17-2)14-8-6-13(7-9-14)10-11-4-3-5-12-10/h3-5H,6-9H2,1-2H3. The summed E-state index contributed by atoms with van der Waals surface area (Å²) in [6.45, 7) is 2.58. The van der Waals surface area contributed by atoms with Gasteiger partial charge in [0.25, 0.3) is 0 Å². The lowest BCUT2D eigenvalue weighted by molar-refractivity contribution is 0.202. The molecule has 8 heteroatoms. The van der Waals surface area contributed by atoms with Crippen molar-refractivity contribution >= 4 is 13.7 Å². The second kappa shape index (κ2) is 5.75. The molecule has 0 aliphatic carbocycles. The summed E-state index contributed by atoms with van der Waals surface area (Å²) in [4.78, 5) is 10.4. The molecule has 100 valence electrons. The van der Waals surface area contributed by atoms with E-state index in [1.54, 1.807) is 23.1 Å². The van der Waals surface area contributed by atoms with Crippen molar-refractivity contribution in [1.29, 1.82) is 0 Å². The van der Waals surface area contributed by atoms with Crippen molar-refractivity contribution in [3.63, 3.8) is 0 Å². The van der Waals surface area contributed by atoms with Gasteiger partial charge in [0.15, 0.2) is 0 Å². The first-order valence-electron chi connectivity index (χ1n) is 5.68. The zero-order chi connectivity index (χ0) is 13.0. The lowest BCUT2D eigenvalue weighted by atomic mass is 10.4. The van der Waals surface area contributed by atoms with Crippen LogP contribution in [0.5, 0.6) is 0 Å². The van der Waals surface area contributed by atoms with E-state index in [0.29, 0.717) is 32.1 Å². The lowest BCUT2D eigenvalue weighted by Crippen LogP contribution is -2.45. The number of nitrogens with zero attached hydrogens (tertiary/aromatic N) is 4. The molecule has 1 fully saturated rings. The third-order valence-electron chi connectivity index (χ3n) is 2.90. The van der Waals surface area contributed by atoms with Crippen LogP contribution in [0, 0.1) is 0 Å². The number of hydrogen-bond donors (Lipinski definition) is 0. The average Bonchev–Trinajstić information content (AvgIpc) is 2.47. The van der Waals surface area contributed by atoms with Crippen LogP contribution in [0.15, 0.2) is 18.5 Å². The monoisotopic (exact) mass is 272 g/mol. The highest BCUT2D eigenvalue weighted by atomic mass is 31.2. The van der Waals surface area contributed by atoms with E-state index in [0.717, 1.165) is 0 Å². The first kappa shape index (κ1) is 13.4. The van der Waals surface area contributed by atoms with Gasteiger partial charge in [-0.3, -0.25) is 9.05 Å². The van der Waals surface area contributed by atoms with Gasteiger partial charge in [-0.25, -0.2) is 19.2 Å². The fraction of sp³-hybridized carbons (Fsp3) is 0.600. The quantitative estimate of drug-likeness (QED) is 0.757. The number of hydrogen-bond acceptors (Lipinski definition) is 6. The Morgan fingerprint density at radius 1 is 1.11 bits per heavy atom. The molecule has 7 nitrogen and oxygen atoms in total. The van der Waals surface area contributed by atoms with Crippen molar-refractivity contribution in [2.75, 3.05) is 45.3 Å². The molecule has 0 atom stereocenters. The maximum Gasteiger partial charge on any atom is 0.407 e. The molecule has 0 amide bonds. The Balaban J connectivity index is 1.98. The molecule has 2 heterocycles. The van der Waals surface area contributed by atoms with Crippen LogP contribution in [-0.4, -0.2) is 55.0 Å². The Hall–Kier alpha value is -1.01. The van der Waals surface area contributed by atoms with Gasteiger partial charge < -0.3 is 4.90 Å². The summed E-state index contributed by atoms with van der Waals surface area (Å²) in [6.07, 6.45) is 3.42. The molecule has 0 unspecified atom stereocenters. The second-order valence-corrected chi connectivity index (χ2v) is 6.06. The fourth-order valence-electron chi connectivity index (χ4n) is 1.90. The molecule has 0 saturated carbocycles. The highest BCUT2D eigenvalue weighted by molar-refractivity contribution is 7.51. The predicted octanol–water partition coefficient (Wildman–Crippen LogP) is 1.000. The highest BCUT2D eigenvalue weighted by Crippen LogP contribution is 2.50. The van der Waals surface area contributed by atoms with Gasteiger partial charge >= 0.3 is 7.75 Å². The number of rotatable bonds is 4. The molecule has 1 aliphatic rings. The Morgan fingerprint density at radius 2 is 1.67 bits per heavy atom. The molecular weight excluding hydrogens is 255 g/mol. The largest absolute Gasteiger partial charge is 0.407 e. The van der Waals surface area contributed by atoms with Crippen LogP contribution in [0.1, 0.15) is 0 Å². The van der Waals surface area contributed by atoms with E-state index in [2.05, 4.69) is 9.97 Å². The van der Waals surface area contributed by atoms with Crippen molar-refractivity contribution in [1.82, 2.24) is 14.6 Å². The number of anilines is 1. The maximum atomic E-state index is 12.2. The fourth-order valence-corrected chi connectivity index (χ4v) is 3.18. The van der Waals surface area contributed by atoms with Crippen LogP contribution in [0.2, 0.25) is 0 Å². The minimum absolute atomic E-state index is 0.594. The Morgan fingerprint density at radius 3 is 2.17 bits per heavy atom. The van der Waals surface area contributed by atoms with Gasteiger partial charge in [-0.05, 0) is 6.07 Å². The van der Waals surface area contributed by atoms with Crippen molar-refractivity contribution in [3.05, 3.63) is 18.5 Å². The van der Waals surface area contributed by atoms with Crippen LogP contribution in [0.4, 0.5) is 5.95 Å². The smallest absolute Gasteiger partial charge is 0.338 e. The van der Waals surface area contributed by atoms with Gasteiger partial charge in [0, 0.05) is 52.8 Å². The van der Waals surface area contributed by atoms with Crippen molar-refractivity contribution in [3.8, 4) is 0 Å². The zero-order valence-corrected chi connectivity index (χ0v) is 11.4. The molecule has 1 aliphatic heterocycles. The zero-order valence-electron chi connectivity index (χ0n) is 10.5. The summed E-state index contributed by atoms with van der Waals surface area (Å²) in [5.41, 5.74) is 0. The first-order valence-corrected chi connectivity index (χ1v) is 7.18. The van der Waals surface area contributed by atoms with Crippen LogP contribution >= 0.6 is 7.75 Å². The number of aromatic nitrogens is 2. The van der Waals surface area contributed by atoms with E-state index >= 15 is 0 Å². The third-order valence-corrected chi connectivity index (χ3v) is 4.91. The summed E-state index contributed by atoms with van der Waals surface area (Å²) in [6, 6.07) is 1.78. The average molecular weight is 272 g/mol. The first-order chi connectivity index (χ1) is 8.69. The van der Waals surface area contributed by atoms with Crippen LogP contribution in [0.3, 0.4) is 0 Å². The van der Waals surface area contributed by atoms with Crippen molar-refractivity contribution in [2.24, 2.45) is 0 Å². The molecule has 1 aromatic heterocycles. The molecule has 18 heavy (non-hydrogen) atoms. The SMILES string of the molecule is COP(=O)(OC)N1CCN(c2ncccn2)CC1. The van der Waals surface area contributed by atoms with E-state index < -0.39 is 7.75 Å². The van der Waals surface area contributed by atoms with Crippen LogP contribution in [0.25, 0.3) is 0 Å². The van der Waals surface area contributed by atoms with Gasteiger partial charge in [-0.1, -0.05) is 0 Å². The highest BCUT2D eigenvalue weighted by Gasteiger charge is 2.34. The second-order valence-electron chi connectivity index (χ2n) is 3.82. The minimum atomic E-state index is -3.11. The molecule has 1 aromatic rings. The Bertz CT molecular complexity index is 414. The lowest BCUT2D eigenvalue weighted by Gasteiger charge is -2.36. The summed E-state index contributed by atoms with van der Waals surface area (Å²) in [5.74, 6) is 0.696. The van der Waals surface area contributed by atoms with E-state index in [-0.39, 0.29) is 0 Å². The minimum Gasteiger partial charge on any atom is -0.338 e. The Labute approximate surface area is 106 Å². The molecular formula is C10H17N4O3P. The Kier molecular flexibility index (Phi) is 4.29. The summed E-state index contributed by atoms with van der Waals surface area (Å²) in [5, 5.41) is 0. The van der Waals surface area contributed by atoms with Gasteiger partial charge in [0.05, 0.1) is 0 Å².